The fourth-order valence-corrected chi connectivity index (χ4v) is 4.11. The Morgan fingerprint density at radius 3 is 2.56 bits per heavy atom. The van der Waals surface area contributed by atoms with E-state index in [0.29, 0.717) is 41.4 Å². The number of ether oxygens (including phenoxy) is 1. The monoisotopic (exact) mass is 535 g/mol. The van der Waals surface area contributed by atoms with Gasteiger partial charge in [0.05, 0.1) is 41.8 Å². The van der Waals surface area contributed by atoms with Crippen molar-refractivity contribution < 1.29 is 27.5 Å². The molecule has 3 heterocycles. The zero-order valence-corrected chi connectivity index (χ0v) is 21.0. The van der Waals surface area contributed by atoms with Crippen molar-refractivity contribution in [1.29, 1.82) is 0 Å². The van der Waals surface area contributed by atoms with E-state index in [4.69, 9.17) is 4.74 Å². The fourth-order valence-electron chi connectivity index (χ4n) is 4.11. The molecule has 4 aromatic rings. The molecule has 1 aliphatic heterocycles. The van der Waals surface area contributed by atoms with E-state index in [9.17, 15) is 22.8 Å². The highest BCUT2D eigenvalue weighted by molar-refractivity contribution is 6.04. The Morgan fingerprint density at radius 1 is 1.05 bits per heavy atom. The third kappa shape index (κ3) is 5.39. The summed E-state index contributed by atoms with van der Waals surface area (Å²) in [5.74, 6) is -0.813. The maximum Gasteiger partial charge on any atom is 0.416 e. The highest BCUT2D eigenvalue weighted by atomic mass is 19.4. The molecule has 39 heavy (non-hydrogen) atoms. The molecule has 1 fully saturated rings. The lowest BCUT2D eigenvalue weighted by Crippen LogP contribution is -2.49. The van der Waals surface area contributed by atoms with Crippen LogP contribution in [-0.2, 0) is 15.7 Å². The van der Waals surface area contributed by atoms with Crippen LogP contribution in [0.15, 0.2) is 73.3 Å². The topological polar surface area (TPSA) is 98.1 Å². The maximum atomic E-state index is 13.1. The first kappa shape index (κ1) is 26.1. The smallest absolute Gasteiger partial charge is 0.379 e. The fraction of sp³-hybridized carbons (Fsp3) is 0.214. The van der Waals surface area contributed by atoms with Crippen LogP contribution in [0.2, 0.25) is 0 Å². The van der Waals surface area contributed by atoms with Crippen molar-refractivity contribution in [2.24, 2.45) is 5.41 Å². The number of carbonyl (C=O) groups excluding carboxylic acids is 2. The SMILES string of the molecule is Cc1ccc(NC(=O)c2cccc(C(F)(F)F)c2)cc1-n1cc(-c2cnccc2NC(=O)C2(C)COC2)cn1. The molecule has 1 aliphatic rings. The van der Waals surface area contributed by atoms with Crippen molar-refractivity contribution in [3.05, 3.63) is 90.0 Å². The highest BCUT2D eigenvalue weighted by Gasteiger charge is 2.41. The van der Waals surface area contributed by atoms with Crippen LogP contribution < -0.4 is 10.6 Å². The van der Waals surface area contributed by atoms with Crippen molar-refractivity contribution >= 4 is 23.2 Å². The van der Waals surface area contributed by atoms with Gasteiger partial charge in [-0.2, -0.15) is 18.3 Å². The number of rotatable bonds is 6. The normalized spacial score (nSPS) is 14.4. The molecule has 0 atom stereocenters. The van der Waals surface area contributed by atoms with E-state index in [1.165, 1.54) is 12.1 Å². The lowest BCUT2D eigenvalue weighted by atomic mass is 9.87. The third-order valence-electron chi connectivity index (χ3n) is 6.52. The molecule has 8 nitrogen and oxygen atoms in total. The molecule has 2 aromatic heterocycles. The molecule has 2 N–H and O–H groups in total. The molecule has 2 amide bonds. The summed E-state index contributed by atoms with van der Waals surface area (Å²) in [4.78, 5) is 29.6. The van der Waals surface area contributed by atoms with Gasteiger partial charge in [0.25, 0.3) is 5.91 Å². The molecule has 2 aromatic carbocycles. The molecule has 0 unspecified atom stereocenters. The van der Waals surface area contributed by atoms with E-state index in [1.807, 2.05) is 13.8 Å². The van der Waals surface area contributed by atoms with Crippen molar-refractivity contribution in [2.45, 2.75) is 20.0 Å². The second-order valence-corrected chi connectivity index (χ2v) is 9.64. The van der Waals surface area contributed by atoms with Crippen LogP contribution in [-0.4, -0.2) is 39.8 Å². The van der Waals surface area contributed by atoms with Crippen molar-refractivity contribution in [1.82, 2.24) is 14.8 Å². The molecule has 0 radical (unpaired) electrons. The number of hydrogen-bond donors (Lipinski definition) is 2. The maximum absolute atomic E-state index is 13.1. The van der Waals surface area contributed by atoms with Gasteiger partial charge >= 0.3 is 6.18 Å². The Morgan fingerprint density at radius 2 is 1.85 bits per heavy atom. The number of anilines is 2. The summed E-state index contributed by atoms with van der Waals surface area (Å²) in [6.45, 7) is 4.42. The molecule has 0 saturated carbocycles. The molecular weight excluding hydrogens is 511 g/mol. The van der Waals surface area contributed by atoms with Gasteiger partial charge in [0.2, 0.25) is 5.91 Å². The van der Waals surface area contributed by atoms with Crippen LogP contribution in [0.25, 0.3) is 16.8 Å². The summed E-state index contributed by atoms with van der Waals surface area (Å²) >= 11 is 0. The van der Waals surface area contributed by atoms with Crippen LogP contribution in [0.5, 0.6) is 0 Å². The third-order valence-corrected chi connectivity index (χ3v) is 6.52. The van der Waals surface area contributed by atoms with E-state index in [2.05, 4.69) is 20.7 Å². The molecule has 5 rings (SSSR count). The predicted molar refractivity (Wildman–Crippen MR) is 138 cm³/mol. The Labute approximate surface area is 221 Å². The van der Waals surface area contributed by atoms with Gasteiger partial charge in [-0.1, -0.05) is 12.1 Å². The first-order valence-electron chi connectivity index (χ1n) is 12.0. The zero-order valence-electron chi connectivity index (χ0n) is 21.0. The molecule has 0 spiro atoms. The van der Waals surface area contributed by atoms with Gasteiger partial charge in [-0.25, -0.2) is 4.68 Å². The Balaban J connectivity index is 1.38. The summed E-state index contributed by atoms with van der Waals surface area (Å²) in [5.41, 5.74) is 2.25. The molecular formula is C28H24F3N5O3. The minimum absolute atomic E-state index is 0.109. The van der Waals surface area contributed by atoms with E-state index in [0.717, 1.165) is 17.7 Å². The van der Waals surface area contributed by atoms with E-state index in [-0.39, 0.29) is 11.5 Å². The van der Waals surface area contributed by atoms with E-state index in [1.54, 1.807) is 53.7 Å². The van der Waals surface area contributed by atoms with Gasteiger partial charge in [-0.15, -0.1) is 0 Å². The van der Waals surface area contributed by atoms with E-state index >= 15 is 0 Å². The van der Waals surface area contributed by atoms with Gasteiger partial charge in [0.1, 0.15) is 0 Å². The summed E-state index contributed by atoms with van der Waals surface area (Å²) in [6, 6.07) is 11.1. The second-order valence-electron chi connectivity index (χ2n) is 9.64. The van der Waals surface area contributed by atoms with Gasteiger partial charge < -0.3 is 15.4 Å². The number of hydrogen-bond acceptors (Lipinski definition) is 5. The summed E-state index contributed by atoms with van der Waals surface area (Å²) in [6.07, 6.45) is 2.07. The largest absolute Gasteiger partial charge is 0.416 e. The number of pyridine rings is 1. The highest BCUT2D eigenvalue weighted by Crippen LogP contribution is 2.33. The van der Waals surface area contributed by atoms with Crippen LogP contribution in [0.1, 0.15) is 28.4 Å². The molecule has 200 valence electrons. The number of carbonyl (C=O) groups is 2. The summed E-state index contributed by atoms with van der Waals surface area (Å²) < 4.78 is 46.0. The number of benzene rings is 2. The van der Waals surface area contributed by atoms with Crippen LogP contribution in [0.4, 0.5) is 24.5 Å². The number of aromatic nitrogens is 3. The van der Waals surface area contributed by atoms with E-state index < -0.39 is 23.1 Å². The second kappa shape index (κ2) is 9.99. The Bertz CT molecular complexity index is 1560. The number of nitrogens with one attached hydrogen (secondary N) is 2. The molecule has 11 heteroatoms. The number of amides is 2. The predicted octanol–water partition coefficient (Wildman–Crippen LogP) is 5.49. The zero-order chi connectivity index (χ0) is 27.8. The van der Waals surface area contributed by atoms with Gasteiger partial charge in [-0.3, -0.25) is 14.6 Å². The first-order valence-corrected chi connectivity index (χ1v) is 12.0. The van der Waals surface area contributed by atoms with Crippen molar-refractivity contribution in [2.75, 3.05) is 23.8 Å². The average Bonchev–Trinajstić information content (AvgIpc) is 3.38. The molecule has 1 saturated heterocycles. The summed E-state index contributed by atoms with van der Waals surface area (Å²) in [7, 11) is 0. The Hall–Kier alpha value is -4.51. The van der Waals surface area contributed by atoms with Gasteiger partial charge in [-0.05, 0) is 55.8 Å². The van der Waals surface area contributed by atoms with Crippen LogP contribution >= 0.6 is 0 Å². The van der Waals surface area contributed by atoms with Gasteiger partial charge in [0.15, 0.2) is 0 Å². The minimum Gasteiger partial charge on any atom is -0.379 e. The lowest BCUT2D eigenvalue weighted by Gasteiger charge is -2.36. The summed E-state index contributed by atoms with van der Waals surface area (Å²) in [5, 5.41) is 10.1. The average molecular weight is 536 g/mol. The number of nitrogens with zero attached hydrogens (tertiary/aromatic N) is 3. The van der Waals surface area contributed by atoms with Crippen molar-refractivity contribution in [3.8, 4) is 16.8 Å². The van der Waals surface area contributed by atoms with Gasteiger partial charge in [0, 0.05) is 41.0 Å². The number of alkyl halides is 3. The standard InChI is InChI=1S/C28H24F3N5O3/c1-17-6-7-21(34-25(37)18-4-3-5-20(10-18)28(29,30)31)11-24(17)36-14-19(12-33-36)22-13-32-9-8-23(22)35-26(38)27(2)15-39-16-27/h3-14H,15-16H2,1-2H3,(H,34,37)(H,32,35,38). The number of halogens is 3. The molecule has 0 bridgehead atoms. The van der Waals surface area contributed by atoms with Crippen molar-refractivity contribution in [3.63, 3.8) is 0 Å². The Kier molecular flexibility index (Phi) is 6.69. The minimum atomic E-state index is -4.55. The van der Waals surface area contributed by atoms with Crippen LogP contribution in [0.3, 0.4) is 0 Å². The number of aryl methyl sites for hydroxylation is 1. The first-order chi connectivity index (χ1) is 18.5. The lowest BCUT2D eigenvalue weighted by molar-refractivity contribution is -0.151. The van der Waals surface area contributed by atoms with Crippen LogP contribution in [0, 0.1) is 12.3 Å². The quantitative estimate of drug-likeness (QED) is 0.340. The molecule has 0 aliphatic carbocycles.